The Bertz CT molecular complexity index is 950. The maximum Gasteiger partial charge on any atom is 0.389 e. The molecular formula is C27H41F3N4OS. The Morgan fingerprint density at radius 3 is 2.67 bits per heavy atom. The molecule has 0 aromatic carbocycles. The van der Waals surface area contributed by atoms with Gasteiger partial charge in [0.2, 0.25) is 0 Å². The molecule has 0 unspecified atom stereocenters. The van der Waals surface area contributed by atoms with E-state index in [1.807, 2.05) is 19.2 Å². The molecule has 3 heterocycles. The molecule has 0 saturated heterocycles. The Hall–Kier alpha value is -1.55. The molecule has 0 bridgehead atoms. The summed E-state index contributed by atoms with van der Waals surface area (Å²) < 4.78 is 43.5. The van der Waals surface area contributed by atoms with Crippen molar-refractivity contribution in [3.63, 3.8) is 0 Å². The topological polar surface area (TPSA) is 50.3 Å². The molecule has 1 saturated carbocycles. The maximum atomic E-state index is 12.6. The van der Waals surface area contributed by atoms with Crippen LogP contribution in [0.2, 0.25) is 0 Å². The van der Waals surface area contributed by atoms with Crippen molar-refractivity contribution in [1.29, 1.82) is 0 Å². The number of aryl methyl sites for hydroxylation is 2. The lowest BCUT2D eigenvalue weighted by atomic mass is 9.84. The Balaban J connectivity index is 0.00000380. The first-order valence-electron chi connectivity index (χ1n) is 13.3. The fraction of sp³-hybridized carbons (Fsp3) is 0.704. The van der Waals surface area contributed by atoms with E-state index in [0.29, 0.717) is 18.3 Å². The van der Waals surface area contributed by atoms with Crippen molar-refractivity contribution in [1.82, 2.24) is 20.2 Å². The molecule has 0 amide bonds. The molecule has 2 aromatic heterocycles. The highest BCUT2D eigenvalue weighted by Gasteiger charge is 2.27. The fourth-order valence-electron chi connectivity index (χ4n) is 5.29. The van der Waals surface area contributed by atoms with Crippen molar-refractivity contribution in [3.8, 4) is 0 Å². The third-order valence-electron chi connectivity index (χ3n) is 7.51. The smallest absolute Gasteiger partial charge is 0.366 e. The number of ether oxygens (including phenoxy) is 1. The molecule has 9 heteroatoms. The van der Waals surface area contributed by atoms with Gasteiger partial charge in [-0.15, -0.1) is 11.3 Å². The first kappa shape index (κ1) is 27.5. The lowest BCUT2D eigenvalue weighted by molar-refractivity contribution is -0.134. The van der Waals surface area contributed by atoms with E-state index in [-0.39, 0.29) is 7.85 Å². The normalized spacial score (nSPS) is 21.3. The number of halogens is 3. The van der Waals surface area contributed by atoms with Gasteiger partial charge in [-0.3, -0.25) is 10.3 Å². The molecule has 0 spiro atoms. The molecule has 5 nitrogen and oxygen atoms in total. The van der Waals surface area contributed by atoms with E-state index in [1.54, 1.807) is 17.5 Å². The predicted octanol–water partition coefficient (Wildman–Crippen LogP) is 5.74. The van der Waals surface area contributed by atoms with Crippen LogP contribution in [0.5, 0.6) is 0 Å². The zero-order valence-corrected chi connectivity index (χ0v) is 22.1. The average Bonchev–Trinajstić information content (AvgIpc) is 3.16. The van der Waals surface area contributed by atoms with E-state index in [2.05, 4.69) is 20.2 Å². The molecule has 2 aliphatic rings. The van der Waals surface area contributed by atoms with Gasteiger partial charge in [-0.1, -0.05) is 6.07 Å². The van der Waals surface area contributed by atoms with Crippen LogP contribution in [-0.2, 0) is 30.4 Å². The molecule has 4 rings (SSSR count). The van der Waals surface area contributed by atoms with Crippen LogP contribution in [0.4, 0.5) is 13.2 Å². The third-order valence-corrected chi connectivity index (χ3v) is 8.48. The zero-order chi connectivity index (χ0) is 25.4. The highest BCUT2D eigenvalue weighted by Crippen LogP contribution is 2.28. The molecular weight excluding hydrogens is 485 g/mol. The summed E-state index contributed by atoms with van der Waals surface area (Å²) in [7, 11) is 0. The number of hydrogen-bond donors (Lipinski definition) is 1. The first-order chi connectivity index (χ1) is 17.3. The van der Waals surface area contributed by atoms with Gasteiger partial charge < -0.3 is 9.64 Å². The van der Waals surface area contributed by atoms with Gasteiger partial charge in [0.1, 0.15) is 0 Å². The second-order valence-corrected chi connectivity index (χ2v) is 11.6. The second kappa shape index (κ2) is 13.3. The van der Waals surface area contributed by atoms with Gasteiger partial charge in [0.25, 0.3) is 0 Å². The Kier molecular flexibility index (Phi) is 10.2. The minimum Gasteiger partial charge on any atom is -0.366 e. The van der Waals surface area contributed by atoms with Gasteiger partial charge in [0, 0.05) is 62.8 Å². The number of pyridine rings is 1. The van der Waals surface area contributed by atoms with Gasteiger partial charge >= 0.3 is 6.18 Å². The largest absolute Gasteiger partial charge is 0.389 e. The summed E-state index contributed by atoms with van der Waals surface area (Å²) in [6, 6.07) is 2.51. The van der Waals surface area contributed by atoms with Crippen molar-refractivity contribution < 1.29 is 19.3 Å². The maximum absolute atomic E-state index is 12.6. The number of nitrogens with zero attached hydrogens (tertiary/aromatic N) is 3. The number of fused-ring (bicyclic) bond motifs is 1. The number of alkyl halides is 3. The second-order valence-electron chi connectivity index (χ2n) is 10.3. The number of aromatic nitrogens is 2. The first-order valence-corrected chi connectivity index (χ1v) is 14.1. The molecule has 1 fully saturated rings. The SMILES string of the molecule is Cc1ncc(CCOCNC2CCC(CCN3CCc4cc(CCC(F)(F)F)cnc4CC3)CC2)s1.[HH]. The quantitative estimate of drug-likeness (QED) is 0.299. The molecule has 2 aromatic rings. The van der Waals surface area contributed by atoms with Crippen LogP contribution in [0.15, 0.2) is 18.5 Å². The van der Waals surface area contributed by atoms with E-state index >= 15 is 0 Å². The molecule has 36 heavy (non-hydrogen) atoms. The average molecular weight is 527 g/mol. The van der Waals surface area contributed by atoms with Gasteiger partial charge in [-0.2, -0.15) is 13.2 Å². The van der Waals surface area contributed by atoms with Crippen molar-refractivity contribution in [2.24, 2.45) is 5.92 Å². The lowest BCUT2D eigenvalue weighted by Gasteiger charge is -2.30. The van der Waals surface area contributed by atoms with Gasteiger partial charge in [0.05, 0.1) is 18.3 Å². The number of thiazole rings is 1. The molecule has 0 radical (unpaired) electrons. The molecule has 202 valence electrons. The van der Waals surface area contributed by atoms with Crippen LogP contribution in [-0.4, -0.2) is 60.1 Å². The highest BCUT2D eigenvalue weighted by atomic mass is 32.1. The minimum absolute atomic E-state index is 0. The van der Waals surface area contributed by atoms with Crippen molar-refractivity contribution in [3.05, 3.63) is 45.2 Å². The Labute approximate surface area is 218 Å². The summed E-state index contributed by atoms with van der Waals surface area (Å²) in [5.74, 6) is 0.774. The summed E-state index contributed by atoms with van der Waals surface area (Å²) in [5, 5.41) is 4.67. The van der Waals surface area contributed by atoms with Gasteiger partial charge in [-0.05, 0) is 75.5 Å². The fourth-order valence-corrected chi connectivity index (χ4v) is 6.07. The molecule has 1 aliphatic carbocycles. The van der Waals surface area contributed by atoms with Crippen molar-refractivity contribution in [2.75, 3.05) is 33.0 Å². The number of nitrogens with one attached hydrogen (secondary N) is 1. The predicted molar refractivity (Wildman–Crippen MR) is 139 cm³/mol. The monoisotopic (exact) mass is 526 g/mol. The number of hydrogen-bond acceptors (Lipinski definition) is 6. The standard InChI is InChI=1S/C27H39F3N4OS.H2/c1-20-31-18-25(36-20)10-15-35-19-33-24-4-2-21(3-5-24)7-12-34-13-8-23-16-22(6-11-27(28,29)30)17-32-26(23)9-14-34;/h16-18,21,24,33H,2-15,19H2,1H3;1H. The van der Waals surface area contributed by atoms with Gasteiger partial charge in [-0.25, -0.2) is 4.98 Å². The van der Waals surface area contributed by atoms with E-state index in [1.165, 1.54) is 37.0 Å². The summed E-state index contributed by atoms with van der Waals surface area (Å²) in [4.78, 5) is 12.6. The van der Waals surface area contributed by atoms with Crippen LogP contribution in [0, 0.1) is 12.8 Å². The third kappa shape index (κ3) is 9.08. The van der Waals surface area contributed by atoms with Crippen molar-refractivity contribution in [2.45, 2.75) is 83.4 Å². The minimum atomic E-state index is -4.12. The van der Waals surface area contributed by atoms with E-state index in [0.717, 1.165) is 67.7 Å². The van der Waals surface area contributed by atoms with E-state index in [4.69, 9.17) is 4.74 Å². The van der Waals surface area contributed by atoms with Crippen LogP contribution >= 0.6 is 11.3 Å². The van der Waals surface area contributed by atoms with E-state index < -0.39 is 12.6 Å². The van der Waals surface area contributed by atoms with Crippen LogP contribution in [0.25, 0.3) is 0 Å². The molecule has 1 aliphatic heterocycles. The number of rotatable bonds is 11. The van der Waals surface area contributed by atoms with Crippen LogP contribution < -0.4 is 5.32 Å². The van der Waals surface area contributed by atoms with Crippen molar-refractivity contribution >= 4 is 11.3 Å². The summed E-state index contributed by atoms with van der Waals surface area (Å²) >= 11 is 1.74. The highest BCUT2D eigenvalue weighted by molar-refractivity contribution is 7.11. The van der Waals surface area contributed by atoms with E-state index in [9.17, 15) is 13.2 Å². The van der Waals surface area contributed by atoms with Gasteiger partial charge in [0.15, 0.2) is 0 Å². The zero-order valence-electron chi connectivity index (χ0n) is 21.3. The lowest BCUT2D eigenvalue weighted by Crippen LogP contribution is -2.36. The van der Waals surface area contributed by atoms with Crippen LogP contribution in [0.1, 0.15) is 66.7 Å². The summed E-state index contributed by atoms with van der Waals surface area (Å²) in [5.41, 5.74) is 2.89. The molecule has 0 atom stereocenters. The summed E-state index contributed by atoms with van der Waals surface area (Å²) in [6.07, 6.45) is 7.54. The summed E-state index contributed by atoms with van der Waals surface area (Å²) in [6.45, 7) is 6.42. The Morgan fingerprint density at radius 1 is 1.11 bits per heavy atom. The Morgan fingerprint density at radius 2 is 1.92 bits per heavy atom. The molecule has 1 N–H and O–H groups in total. The van der Waals surface area contributed by atoms with Crippen LogP contribution in [0.3, 0.4) is 0 Å².